The summed E-state index contributed by atoms with van der Waals surface area (Å²) in [6.07, 6.45) is 3.69. The fourth-order valence-corrected chi connectivity index (χ4v) is 3.19. The fourth-order valence-electron chi connectivity index (χ4n) is 1.06. The molecule has 0 aromatic carbocycles. The summed E-state index contributed by atoms with van der Waals surface area (Å²) in [7, 11) is -3.18. The maximum atomic E-state index is 9.91. The van der Waals surface area contributed by atoms with Crippen LogP contribution in [0.1, 0.15) is 33.6 Å². The summed E-state index contributed by atoms with van der Waals surface area (Å²) < 4.78 is 0. The van der Waals surface area contributed by atoms with Gasteiger partial charge in [0.25, 0.3) is 0 Å². The van der Waals surface area contributed by atoms with Crippen molar-refractivity contribution >= 4 is 7.06 Å². The Kier molecular flexibility index (Phi) is 3.96. The van der Waals surface area contributed by atoms with E-state index in [4.69, 9.17) is 0 Å². The third-order valence-electron chi connectivity index (χ3n) is 2.49. The maximum absolute atomic E-state index is 9.91. The van der Waals surface area contributed by atoms with Crippen LogP contribution in [0.15, 0.2) is 0 Å². The molecule has 0 aliphatic heterocycles. The summed E-state index contributed by atoms with van der Waals surface area (Å²) in [6.45, 7) is 5.82. The number of rotatable bonds is 5. The molecule has 0 atom stereocenters. The summed E-state index contributed by atoms with van der Waals surface area (Å²) >= 11 is 0. The first-order valence-corrected chi connectivity index (χ1v) is 7.17. The molecular weight excluding hydrogens is 159 g/mol. The summed E-state index contributed by atoms with van der Waals surface area (Å²) in [5, 5.41) is 0. The summed E-state index contributed by atoms with van der Waals surface area (Å²) in [5.74, 6) is 0. The average Bonchev–Trinajstić information content (AvgIpc) is 2.02. The molecule has 0 fully saturated rings. The first kappa shape index (κ1) is 11.4. The zero-order chi connectivity index (χ0) is 8.98. The molecule has 0 saturated heterocycles. The van der Waals surface area contributed by atoms with E-state index in [0.717, 1.165) is 12.8 Å². The van der Waals surface area contributed by atoms with E-state index in [0.29, 0.717) is 18.5 Å². The van der Waals surface area contributed by atoms with Crippen LogP contribution in [0.5, 0.6) is 0 Å². The van der Waals surface area contributed by atoms with Gasteiger partial charge in [0.05, 0.1) is 0 Å². The van der Waals surface area contributed by atoms with E-state index in [1.54, 1.807) is 0 Å². The summed E-state index contributed by atoms with van der Waals surface area (Å²) in [6, 6.07) is 0. The molecular formula is C8H21O2P. The normalized spacial score (nSPS) is 15.9. The first-order chi connectivity index (χ1) is 4.96. The monoisotopic (exact) mass is 180 g/mol. The van der Waals surface area contributed by atoms with Crippen LogP contribution < -0.4 is 0 Å². The predicted octanol–water partition coefficient (Wildman–Crippen LogP) is 2.19. The van der Waals surface area contributed by atoms with E-state index in [-0.39, 0.29) is 0 Å². The number of unbranched alkanes of at least 4 members (excludes halogenated alkanes) is 1. The van der Waals surface area contributed by atoms with Crippen LogP contribution in [0.3, 0.4) is 0 Å². The second kappa shape index (κ2) is 3.84. The minimum absolute atomic E-state index is 0.544. The molecule has 0 aromatic heterocycles. The van der Waals surface area contributed by atoms with Crippen molar-refractivity contribution in [2.24, 2.45) is 0 Å². The van der Waals surface area contributed by atoms with Crippen LogP contribution in [0.4, 0.5) is 0 Å². The van der Waals surface area contributed by atoms with E-state index >= 15 is 0 Å². The Balaban J connectivity index is 4.09. The van der Waals surface area contributed by atoms with Crippen molar-refractivity contribution < 1.29 is 9.79 Å². The molecule has 0 heterocycles. The van der Waals surface area contributed by atoms with Gasteiger partial charge in [0, 0.05) is 0 Å². The van der Waals surface area contributed by atoms with Crippen LogP contribution >= 0.6 is 7.06 Å². The van der Waals surface area contributed by atoms with Gasteiger partial charge in [-0.05, 0) is 0 Å². The van der Waals surface area contributed by atoms with Gasteiger partial charge < -0.3 is 0 Å². The molecule has 0 unspecified atom stereocenters. The topological polar surface area (TPSA) is 40.5 Å². The van der Waals surface area contributed by atoms with Gasteiger partial charge in [0.15, 0.2) is 0 Å². The van der Waals surface area contributed by atoms with E-state index < -0.39 is 7.06 Å². The summed E-state index contributed by atoms with van der Waals surface area (Å²) in [5.41, 5.74) is 0. The molecule has 3 heteroatoms. The van der Waals surface area contributed by atoms with Gasteiger partial charge in [-0.25, -0.2) is 0 Å². The molecule has 0 aliphatic carbocycles. The van der Waals surface area contributed by atoms with Crippen LogP contribution in [-0.2, 0) is 0 Å². The molecule has 0 spiro atoms. The second-order valence-corrected chi connectivity index (χ2v) is 8.25. The average molecular weight is 180 g/mol. The Morgan fingerprint density at radius 2 is 1.45 bits per heavy atom. The van der Waals surface area contributed by atoms with Crippen molar-refractivity contribution in [1.82, 2.24) is 0 Å². The zero-order valence-electron chi connectivity index (χ0n) is 7.88. The van der Waals surface area contributed by atoms with E-state index in [2.05, 4.69) is 6.92 Å². The van der Waals surface area contributed by atoms with Gasteiger partial charge in [-0.15, -0.1) is 0 Å². The predicted molar refractivity (Wildman–Crippen MR) is 52.2 cm³/mol. The third-order valence-corrected chi connectivity index (χ3v) is 6.76. The SMILES string of the molecule is CCCCP(O)(O)(CC)CC. The quantitative estimate of drug-likeness (QED) is 0.637. The molecule has 2 nitrogen and oxygen atoms in total. The minimum atomic E-state index is -3.18. The van der Waals surface area contributed by atoms with Crippen molar-refractivity contribution in [2.45, 2.75) is 33.6 Å². The molecule has 11 heavy (non-hydrogen) atoms. The summed E-state index contributed by atoms with van der Waals surface area (Å²) in [4.78, 5) is 19.8. The van der Waals surface area contributed by atoms with Gasteiger partial charge in [-0.2, -0.15) is 0 Å². The van der Waals surface area contributed by atoms with E-state index in [9.17, 15) is 9.79 Å². The molecule has 0 saturated carbocycles. The van der Waals surface area contributed by atoms with E-state index in [1.165, 1.54) is 0 Å². The Hall–Kier alpha value is 0.350. The Morgan fingerprint density at radius 3 is 1.73 bits per heavy atom. The molecule has 0 radical (unpaired) electrons. The molecule has 70 valence electrons. The molecule has 0 aliphatic rings. The van der Waals surface area contributed by atoms with Crippen molar-refractivity contribution in [3.05, 3.63) is 0 Å². The van der Waals surface area contributed by atoms with Crippen LogP contribution in [-0.4, -0.2) is 28.3 Å². The van der Waals surface area contributed by atoms with Gasteiger partial charge in [0.1, 0.15) is 0 Å². The van der Waals surface area contributed by atoms with Crippen LogP contribution in [0, 0.1) is 0 Å². The van der Waals surface area contributed by atoms with Crippen LogP contribution in [0.25, 0.3) is 0 Å². The zero-order valence-corrected chi connectivity index (χ0v) is 8.77. The Morgan fingerprint density at radius 1 is 1.00 bits per heavy atom. The Bertz CT molecular complexity index is 115. The molecule has 0 amide bonds. The van der Waals surface area contributed by atoms with Crippen LogP contribution in [0.2, 0.25) is 0 Å². The molecule has 0 aromatic rings. The molecule has 0 rings (SSSR count). The van der Waals surface area contributed by atoms with Gasteiger partial charge in [-0.3, -0.25) is 0 Å². The first-order valence-electron chi connectivity index (χ1n) is 4.47. The standard InChI is InChI=1S/C8H21O2P/c1-4-7-8-11(9,10,5-2)6-3/h9-10H,4-8H2,1-3H3. The fraction of sp³-hybridized carbons (Fsp3) is 1.00. The van der Waals surface area contributed by atoms with Crippen molar-refractivity contribution in [3.63, 3.8) is 0 Å². The van der Waals surface area contributed by atoms with Crippen molar-refractivity contribution in [3.8, 4) is 0 Å². The molecule has 2 N–H and O–H groups in total. The third kappa shape index (κ3) is 3.50. The van der Waals surface area contributed by atoms with Gasteiger partial charge >= 0.3 is 68.9 Å². The second-order valence-electron chi connectivity index (χ2n) is 3.32. The van der Waals surface area contributed by atoms with Crippen molar-refractivity contribution in [1.29, 1.82) is 0 Å². The van der Waals surface area contributed by atoms with Gasteiger partial charge in [-0.1, -0.05) is 0 Å². The van der Waals surface area contributed by atoms with Crippen molar-refractivity contribution in [2.75, 3.05) is 18.5 Å². The Labute approximate surface area is 69.7 Å². The van der Waals surface area contributed by atoms with E-state index in [1.807, 2.05) is 13.8 Å². The number of hydrogen-bond donors (Lipinski definition) is 2. The van der Waals surface area contributed by atoms with Gasteiger partial charge in [0.2, 0.25) is 0 Å². The number of hydrogen-bond acceptors (Lipinski definition) is 2. The molecule has 0 bridgehead atoms.